The molecule has 20 heavy (non-hydrogen) atoms. The molecule has 2 heterocycles. The van der Waals surface area contributed by atoms with E-state index in [2.05, 4.69) is 34.4 Å². The minimum atomic E-state index is -0.137. The molecular formula is C15H24N4O. The quantitative estimate of drug-likeness (QED) is 0.873. The number of anilines is 1. The van der Waals surface area contributed by atoms with Gasteiger partial charge in [0.25, 0.3) is 5.91 Å². The zero-order valence-electron chi connectivity index (χ0n) is 12.5. The average Bonchev–Trinajstić information content (AvgIpc) is 2.53. The summed E-state index contributed by atoms with van der Waals surface area (Å²) in [6.45, 7) is 6.37. The van der Waals surface area contributed by atoms with E-state index in [1.54, 1.807) is 13.2 Å². The van der Waals surface area contributed by atoms with Crippen LogP contribution >= 0.6 is 0 Å². The van der Waals surface area contributed by atoms with Gasteiger partial charge in [-0.05, 0) is 25.0 Å². The van der Waals surface area contributed by atoms with E-state index in [0.29, 0.717) is 17.8 Å². The molecule has 2 atom stereocenters. The van der Waals surface area contributed by atoms with E-state index in [-0.39, 0.29) is 5.91 Å². The predicted octanol–water partition coefficient (Wildman–Crippen LogP) is 1.41. The Morgan fingerprint density at radius 1 is 1.50 bits per heavy atom. The summed E-state index contributed by atoms with van der Waals surface area (Å²) in [5.74, 6) is -0.137. The maximum absolute atomic E-state index is 11.7. The summed E-state index contributed by atoms with van der Waals surface area (Å²) in [5.41, 5.74) is 1.57. The van der Waals surface area contributed by atoms with Crippen molar-refractivity contribution in [3.05, 3.63) is 24.0 Å². The largest absolute Gasteiger partial charge is 0.366 e. The highest BCUT2D eigenvalue weighted by atomic mass is 16.1. The summed E-state index contributed by atoms with van der Waals surface area (Å²) in [5, 5.41) is 6.21. The molecule has 2 N–H and O–H groups in total. The van der Waals surface area contributed by atoms with Crippen molar-refractivity contribution in [1.29, 1.82) is 0 Å². The first-order chi connectivity index (χ1) is 9.69. The molecule has 1 aromatic heterocycles. The monoisotopic (exact) mass is 276 g/mol. The number of hydrogen-bond acceptors (Lipinski definition) is 4. The first-order valence-corrected chi connectivity index (χ1v) is 7.37. The molecule has 1 amide bonds. The number of carbonyl (C=O) groups excluding carboxylic acids is 1. The van der Waals surface area contributed by atoms with Crippen LogP contribution in [0, 0.1) is 0 Å². The van der Waals surface area contributed by atoms with Crippen LogP contribution in [-0.4, -0.2) is 43.1 Å². The summed E-state index contributed by atoms with van der Waals surface area (Å²) < 4.78 is 0. The highest BCUT2D eigenvalue weighted by molar-refractivity contribution is 5.92. The molecule has 0 radical (unpaired) electrons. The number of aromatic nitrogens is 1. The summed E-state index contributed by atoms with van der Waals surface area (Å²) in [6.07, 6.45) is 3.91. The molecule has 5 heteroatoms. The normalized spacial score (nSPS) is 22.6. The number of rotatable bonds is 4. The maximum atomic E-state index is 11.7. The van der Waals surface area contributed by atoms with Gasteiger partial charge in [-0.3, -0.25) is 9.78 Å². The minimum Gasteiger partial charge on any atom is -0.366 e. The third-order valence-electron chi connectivity index (χ3n) is 4.00. The van der Waals surface area contributed by atoms with Crippen LogP contribution in [0.15, 0.2) is 18.3 Å². The predicted molar refractivity (Wildman–Crippen MR) is 81.1 cm³/mol. The van der Waals surface area contributed by atoms with Crippen molar-refractivity contribution < 1.29 is 4.79 Å². The molecule has 0 spiro atoms. The second kappa shape index (κ2) is 6.70. The van der Waals surface area contributed by atoms with E-state index >= 15 is 0 Å². The number of pyridine rings is 1. The lowest BCUT2D eigenvalue weighted by atomic mass is 10.0. The van der Waals surface area contributed by atoms with Gasteiger partial charge in [0.2, 0.25) is 0 Å². The lowest BCUT2D eigenvalue weighted by molar-refractivity contribution is 0.0958. The molecule has 1 fully saturated rings. The first kappa shape index (κ1) is 14.8. The third kappa shape index (κ3) is 3.10. The van der Waals surface area contributed by atoms with Gasteiger partial charge in [-0.15, -0.1) is 0 Å². The molecule has 110 valence electrons. The fraction of sp³-hybridized carbons (Fsp3) is 0.600. The molecule has 1 aliphatic heterocycles. The van der Waals surface area contributed by atoms with Gasteiger partial charge in [-0.25, -0.2) is 0 Å². The van der Waals surface area contributed by atoms with Crippen LogP contribution in [0.1, 0.15) is 37.2 Å². The van der Waals surface area contributed by atoms with Gasteiger partial charge in [-0.1, -0.05) is 13.8 Å². The van der Waals surface area contributed by atoms with Crippen LogP contribution in [0.4, 0.5) is 5.69 Å². The Morgan fingerprint density at radius 2 is 2.30 bits per heavy atom. The number of carbonyl (C=O) groups is 1. The molecule has 0 bridgehead atoms. The number of amides is 1. The van der Waals surface area contributed by atoms with E-state index in [1.165, 1.54) is 0 Å². The Balaban J connectivity index is 2.25. The van der Waals surface area contributed by atoms with E-state index in [4.69, 9.17) is 0 Å². The second-order valence-electron chi connectivity index (χ2n) is 5.21. The van der Waals surface area contributed by atoms with E-state index in [9.17, 15) is 4.79 Å². The SMILES string of the molecule is CCC1CN(c2ccnc(C(=O)NC)c2)C(CC)CN1. The molecule has 0 aliphatic carbocycles. The van der Waals surface area contributed by atoms with Crippen molar-refractivity contribution in [2.24, 2.45) is 0 Å². The van der Waals surface area contributed by atoms with Crippen LogP contribution in [0.5, 0.6) is 0 Å². The summed E-state index contributed by atoms with van der Waals surface area (Å²) in [6, 6.07) is 4.86. The van der Waals surface area contributed by atoms with Crippen LogP contribution < -0.4 is 15.5 Å². The van der Waals surface area contributed by atoms with E-state index in [1.807, 2.05) is 12.1 Å². The van der Waals surface area contributed by atoms with Crippen molar-refractivity contribution in [2.75, 3.05) is 25.0 Å². The number of nitrogens with one attached hydrogen (secondary N) is 2. The Kier molecular flexibility index (Phi) is 4.95. The molecule has 1 aromatic rings. The Morgan fingerprint density at radius 3 is 2.95 bits per heavy atom. The molecule has 2 unspecified atom stereocenters. The van der Waals surface area contributed by atoms with Gasteiger partial charge in [0.1, 0.15) is 5.69 Å². The lowest BCUT2D eigenvalue weighted by Crippen LogP contribution is -2.56. The molecule has 1 saturated heterocycles. The van der Waals surface area contributed by atoms with Gasteiger partial charge in [0.15, 0.2) is 0 Å². The Hall–Kier alpha value is -1.62. The fourth-order valence-electron chi connectivity index (χ4n) is 2.67. The standard InChI is InChI=1S/C15H24N4O/c1-4-11-10-19(12(5-2)9-18-11)13-6-7-17-14(8-13)15(20)16-3/h6-8,11-12,18H,4-5,9-10H2,1-3H3,(H,16,20). The zero-order valence-corrected chi connectivity index (χ0v) is 12.5. The number of nitrogens with zero attached hydrogens (tertiary/aromatic N) is 2. The molecule has 0 saturated carbocycles. The minimum absolute atomic E-state index is 0.137. The van der Waals surface area contributed by atoms with Crippen molar-refractivity contribution in [3.63, 3.8) is 0 Å². The molecule has 5 nitrogen and oxygen atoms in total. The summed E-state index contributed by atoms with van der Waals surface area (Å²) in [4.78, 5) is 18.3. The highest BCUT2D eigenvalue weighted by Crippen LogP contribution is 2.22. The third-order valence-corrected chi connectivity index (χ3v) is 4.00. The smallest absolute Gasteiger partial charge is 0.269 e. The van der Waals surface area contributed by atoms with Gasteiger partial charge < -0.3 is 15.5 Å². The summed E-state index contributed by atoms with van der Waals surface area (Å²) in [7, 11) is 1.63. The van der Waals surface area contributed by atoms with Crippen molar-refractivity contribution in [2.45, 2.75) is 38.8 Å². The highest BCUT2D eigenvalue weighted by Gasteiger charge is 2.26. The van der Waals surface area contributed by atoms with Crippen molar-refractivity contribution >= 4 is 11.6 Å². The zero-order chi connectivity index (χ0) is 14.5. The van der Waals surface area contributed by atoms with Crippen LogP contribution in [0.2, 0.25) is 0 Å². The lowest BCUT2D eigenvalue weighted by Gasteiger charge is -2.41. The molecule has 1 aliphatic rings. The van der Waals surface area contributed by atoms with E-state index in [0.717, 1.165) is 31.6 Å². The second-order valence-corrected chi connectivity index (χ2v) is 5.21. The van der Waals surface area contributed by atoms with Gasteiger partial charge in [0, 0.05) is 44.1 Å². The van der Waals surface area contributed by atoms with Crippen molar-refractivity contribution in [1.82, 2.24) is 15.6 Å². The molecule has 0 aromatic carbocycles. The van der Waals surface area contributed by atoms with Crippen LogP contribution in [0.25, 0.3) is 0 Å². The Labute approximate surface area is 120 Å². The van der Waals surface area contributed by atoms with Crippen molar-refractivity contribution in [3.8, 4) is 0 Å². The number of hydrogen-bond donors (Lipinski definition) is 2. The molecular weight excluding hydrogens is 252 g/mol. The fourth-order valence-corrected chi connectivity index (χ4v) is 2.67. The van der Waals surface area contributed by atoms with Gasteiger partial charge in [-0.2, -0.15) is 0 Å². The maximum Gasteiger partial charge on any atom is 0.269 e. The average molecular weight is 276 g/mol. The first-order valence-electron chi connectivity index (χ1n) is 7.37. The molecule has 2 rings (SSSR count). The van der Waals surface area contributed by atoms with Crippen LogP contribution in [-0.2, 0) is 0 Å². The van der Waals surface area contributed by atoms with Gasteiger partial charge >= 0.3 is 0 Å². The number of piperazine rings is 1. The van der Waals surface area contributed by atoms with Gasteiger partial charge in [0.05, 0.1) is 0 Å². The van der Waals surface area contributed by atoms with Crippen LogP contribution in [0.3, 0.4) is 0 Å². The Bertz CT molecular complexity index is 463. The summed E-state index contributed by atoms with van der Waals surface area (Å²) >= 11 is 0. The van der Waals surface area contributed by atoms with E-state index < -0.39 is 0 Å². The topological polar surface area (TPSA) is 57.3 Å².